The van der Waals surface area contributed by atoms with Crippen molar-refractivity contribution in [1.82, 2.24) is 9.88 Å². The average Bonchev–Trinajstić information content (AvgIpc) is 3.18. The van der Waals surface area contributed by atoms with Crippen LogP contribution in [0.2, 0.25) is 0 Å². The van der Waals surface area contributed by atoms with E-state index in [9.17, 15) is 4.79 Å². The SMILES string of the molecule is CC(C)[C@@H](C(=O)OC(C)(C)C)N1CCC[C@@H]1[C@@H]1C[C@H]1c1cccnc1. The average molecular weight is 344 g/mol. The lowest BCUT2D eigenvalue weighted by molar-refractivity contribution is -0.164. The van der Waals surface area contributed by atoms with Gasteiger partial charge in [-0.15, -0.1) is 0 Å². The molecule has 1 aromatic heterocycles. The molecule has 0 aromatic carbocycles. The molecule has 3 rings (SSSR count). The lowest BCUT2D eigenvalue weighted by Crippen LogP contribution is -2.50. The fourth-order valence-electron chi connectivity index (χ4n) is 4.39. The van der Waals surface area contributed by atoms with Gasteiger partial charge in [-0.25, -0.2) is 0 Å². The molecule has 2 heterocycles. The third-order valence-corrected chi connectivity index (χ3v) is 5.43. The maximum absolute atomic E-state index is 12.9. The van der Waals surface area contributed by atoms with E-state index in [2.05, 4.69) is 29.8 Å². The molecule has 2 aliphatic rings. The Bertz CT molecular complexity index is 594. The van der Waals surface area contributed by atoms with Crippen LogP contribution in [0, 0.1) is 11.8 Å². The van der Waals surface area contributed by atoms with Crippen LogP contribution >= 0.6 is 0 Å². The largest absolute Gasteiger partial charge is 0.459 e. The van der Waals surface area contributed by atoms with Gasteiger partial charge in [0.1, 0.15) is 11.6 Å². The normalized spacial score (nSPS) is 28.2. The summed E-state index contributed by atoms with van der Waals surface area (Å²) in [6.07, 6.45) is 7.41. The van der Waals surface area contributed by atoms with E-state index in [1.165, 1.54) is 24.8 Å². The number of esters is 1. The highest BCUT2D eigenvalue weighted by atomic mass is 16.6. The molecule has 0 amide bonds. The second kappa shape index (κ2) is 7.06. The number of hydrogen-bond donors (Lipinski definition) is 0. The first kappa shape index (κ1) is 18.4. The molecule has 2 fully saturated rings. The molecule has 0 spiro atoms. The van der Waals surface area contributed by atoms with Crippen LogP contribution in [0.25, 0.3) is 0 Å². The van der Waals surface area contributed by atoms with Crippen LogP contribution in [0.15, 0.2) is 24.5 Å². The number of hydrogen-bond acceptors (Lipinski definition) is 4. The van der Waals surface area contributed by atoms with Gasteiger partial charge in [-0.2, -0.15) is 0 Å². The number of rotatable bonds is 5. The van der Waals surface area contributed by atoms with Gasteiger partial charge < -0.3 is 4.74 Å². The third-order valence-electron chi connectivity index (χ3n) is 5.43. The molecule has 1 saturated heterocycles. The number of carbonyl (C=O) groups is 1. The number of likely N-dealkylation sites (tertiary alicyclic amines) is 1. The third kappa shape index (κ3) is 4.22. The summed E-state index contributed by atoms with van der Waals surface area (Å²) in [6, 6.07) is 4.56. The van der Waals surface area contributed by atoms with Crippen LogP contribution in [0.1, 0.15) is 65.4 Å². The van der Waals surface area contributed by atoms with E-state index >= 15 is 0 Å². The van der Waals surface area contributed by atoms with Gasteiger partial charge in [0.2, 0.25) is 0 Å². The summed E-state index contributed by atoms with van der Waals surface area (Å²) in [5, 5.41) is 0. The van der Waals surface area contributed by atoms with E-state index in [1.807, 2.05) is 39.2 Å². The van der Waals surface area contributed by atoms with Crippen LogP contribution in [0.5, 0.6) is 0 Å². The molecule has 4 atom stereocenters. The summed E-state index contributed by atoms with van der Waals surface area (Å²) < 4.78 is 5.74. The monoisotopic (exact) mass is 344 g/mol. The highest BCUT2D eigenvalue weighted by Gasteiger charge is 2.50. The highest BCUT2D eigenvalue weighted by Crippen LogP contribution is 2.53. The Hall–Kier alpha value is -1.42. The summed E-state index contributed by atoms with van der Waals surface area (Å²) in [5.41, 5.74) is 0.912. The van der Waals surface area contributed by atoms with Crippen molar-refractivity contribution in [3.8, 4) is 0 Å². The fraction of sp³-hybridized carbons (Fsp3) is 0.714. The first-order chi connectivity index (χ1) is 11.8. The van der Waals surface area contributed by atoms with Crippen molar-refractivity contribution in [2.24, 2.45) is 11.8 Å². The summed E-state index contributed by atoms with van der Waals surface area (Å²) >= 11 is 0. The van der Waals surface area contributed by atoms with Crippen molar-refractivity contribution in [3.05, 3.63) is 30.1 Å². The molecule has 0 unspecified atom stereocenters. The molecule has 1 aliphatic carbocycles. The van der Waals surface area contributed by atoms with Gasteiger partial charge in [-0.3, -0.25) is 14.7 Å². The van der Waals surface area contributed by atoms with Crippen LogP contribution in [0.3, 0.4) is 0 Å². The van der Waals surface area contributed by atoms with E-state index in [-0.39, 0.29) is 17.9 Å². The topological polar surface area (TPSA) is 42.4 Å². The second-order valence-electron chi connectivity index (χ2n) is 8.96. The van der Waals surface area contributed by atoms with Crippen LogP contribution < -0.4 is 0 Å². The minimum absolute atomic E-state index is 0.0621. The molecule has 1 saturated carbocycles. The van der Waals surface area contributed by atoms with Gasteiger partial charge in [0.25, 0.3) is 0 Å². The molecule has 4 heteroatoms. The zero-order chi connectivity index (χ0) is 18.2. The molecule has 25 heavy (non-hydrogen) atoms. The number of nitrogens with zero attached hydrogens (tertiary/aromatic N) is 2. The van der Waals surface area contributed by atoms with Crippen LogP contribution in [-0.4, -0.2) is 40.1 Å². The molecule has 0 radical (unpaired) electrons. The van der Waals surface area contributed by atoms with Gasteiger partial charge in [0.15, 0.2) is 0 Å². The first-order valence-corrected chi connectivity index (χ1v) is 9.66. The Morgan fingerprint density at radius 3 is 2.72 bits per heavy atom. The van der Waals surface area contributed by atoms with E-state index in [1.54, 1.807) is 0 Å². The van der Waals surface area contributed by atoms with Crippen LogP contribution in [-0.2, 0) is 9.53 Å². The Morgan fingerprint density at radius 1 is 1.36 bits per heavy atom. The lowest BCUT2D eigenvalue weighted by atomic mass is 9.98. The van der Waals surface area contributed by atoms with E-state index in [4.69, 9.17) is 4.74 Å². The zero-order valence-electron chi connectivity index (χ0n) is 16.2. The second-order valence-corrected chi connectivity index (χ2v) is 8.96. The molecule has 1 aromatic rings. The smallest absolute Gasteiger partial charge is 0.324 e. The predicted octanol–water partition coefficient (Wildman–Crippen LogP) is 4.02. The minimum Gasteiger partial charge on any atom is -0.459 e. The number of pyridine rings is 1. The Morgan fingerprint density at radius 2 is 2.12 bits per heavy atom. The Labute approximate surface area is 152 Å². The van der Waals surface area contributed by atoms with Crippen molar-refractivity contribution in [2.75, 3.05) is 6.54 Å². The molecule has 138 valence electrons. The minimum atomic E-state index is -0.433. The number of carbonyl (C=O) groups excluding carboxylic acids is 1. The van der Waals surface area contributed by atoms with Crippen LogP contribution in [0.4, 0.5) is 0 Å². The molecule has 0 N–H and O–H groups in total. The van der Waals surface area contributed by atoms with Gasteiger partial charge in [0.05, 0.1) is 0 Å². The van der Waals surface area contributed by atoms with Crippen molar-refractivity contribution in [2.45, 2.75) is 77.5 Å². The molecular weight excluding hydrogens is 312 g/mol. The van der Waals surface area contributed by atoms with Crippen molar-refractivity contribution >= 4 is 5.97 Å². The van der Waals surface area contributed by atoms with Gasteiger partial charge in [0, 0.05) is 18.4 Å². The zero-order valence-corrected chi connectivity index (χ0v) is 16.2. The first-order valence-electron chi connectivity index (χ1n) is 9.66. The predicted molar refractivity (Wildman–Crippen MR) is 99.3 cm³/mol. The summed E-state index contributed by atoms with van der Waals surface area (Å²) in [5.74, 6) is 1.44. The maximum Gasteiger partial charge on any atom is 0.324 e. The van der Waals surface area contributed by atoms with Gasteiger partial charge >= 0.3 is 5.97 Å². The quantitative estimate of drug-likeness (QED) is 0.757. The van der Waals surface area contributed by atoms with Gasteiger partial charge in [-0.05, 0) is 76.0 Å². The standard InChI is InChI=1S/C21H32N2O2/c1-14(2)19(20(24)25-21(3,4)5)23-11-7-9-18(23)17-12-16(17)15-8-6-10-22-13-15/h6,8,10,13-14,16-19H,7,9,11-12H2,1-5H3/t16-,17+,18+,19-/m0/s1. The molecule has 4 nitrogen and oxygen atoms in total. The Balaban J connectivity index is 1.72. The molecule has 1 aliphatic heterocycles. The number of aromatic nitrogens is 1. The van der Waals surface area contributed by atoms with E-state index in [0.29, 0.717) is 17.9 Å². The molecule has 0 bridgehead atoms. The maximum atomic E-state index is 12.9. The summed E-state index contributed by atoms with van der Waals surface area (Å²) in [7, 11) is 0. The molecular formula is C21H32N2O2. The highest BCUT2D eigenvalue weighted by molar-refractivity contribution is 5.76. The van der Waals surface area contributed by atoms with Crippen molar-refractivity contribution < 1.29 is 9.53 Å². The Kier molecular flexibility index (Phi) is 5.19. The summed E-state index contributed by atoms with van der Waals surface area (Å²) in [6.45, 7) is 11.1. The van der Waals surface area contributed by atoms with Crippen molar-refractivity contribution in [3.63, 3.8) is 0 Å². The number of ether oxygens (including phenoxy) is 1. The van der Waals surface area contributed by atoms with E-state index < -0.39 is 5.60 Å². The van der Waals surface area contributed by atoms with Crippen molar-refractivity contribution in [1.29, 1.82) is 0 Å². The summed E-state index contributed by atoms with van der Waals surface area (Å²) in [4.78, 5) is 19.6. The fourth-order valence-corrected chi connectivity index (χ4v) is 4.39. The van der Waals surface area contributed by atoms with Gasteiger partial charge in [-0.1, -0.05) is 19.9 Å². The lowest BCUT2D eigenvalue weighted by Gasteiger charge is -2.36. The van der Waals surface area contributed by atoms with E-state index in [0.717, 1.165) is 6.54 Å².